The Balaban J connectivity index is 1.85. The van der Waals surface area contributed by atoms with Gasteiger partial charge in [-0.1, -0.05) is 0 Å². The zero-order valence-electron chi connectivity index (χ0n) is 18.8. The standard InChI is InChI=1S/C24H32N2O5/c1-5-29-19-11-9-18(10-12-19)23(27)26(14-20-8-7-13-31-20)15-21-16(3)22(25-17(21)4)24(28)30-6-2/h9-12,20,25H,5-8,13-15H2,1-4H3/t20-/m1/s1. The van der Waals surface area contributed by atoms with E-state index in [9.17, 15) is 9.59 Å². The lowest BCUT2D eigenvalue weighted by atomic mass is 10.1. The number of amides is 1. The van der Waals surface area contributed by atoms with E-state index in [1.54, 1.807) is 19.1 Å². The minimum absolute atomic E-state index is 0.0238. The van der Waals surface area contributed by atoms with Crippen LogP contribution in [0, 0.1) is 13.8 Å². The van der Waals surface area contributed by atoms with Crippen LogP contribution in [0.3, 0.4) is 0 Å². The first-order chi connectivity index (χ1) is 14.9. The van der Waals surface area contributed by atoms with Gasteiger partial charge in [0.1, 0.15) is 11.4 Å². The van der Waals surface area contributed by atoms with Crippen molar-refractivity contribution in [2.75, 3.05) is 26.4 Å². The van der Waals surface area contributed by atoms with Gasteiger partial charge < -0.3 is 24.1 Å². The molecular weight excluding hydrogens is 396 g/mol. The van der Waals surface area contributed by atoms with E-state index < -0.39 is 0 Å². The molecule has 0 radical (unpaired) electrons. The number of esters is 1. The molecule has 1 N–H and O–H groups in total. The van der Waals surface area contributed by atoms with E-state index >= 15 is 0 Å². The minimum atomic E-state index is -0.377. The molecule has 0 saturated carbocycles. The fraction of sp³-hybridized carbons (Fsp3) is 0.500. The van der Waals surface area contributed by atoms with Gasteiger partial charge in [-0.05, 0) is 75.9 Å². The zero-order chi connectivity index (χ0) is 22.4. The van der Waals surface area contributed by atoms with Gasteiger partial charge in [-0.25, -0.2) is 4.79 Å². The van der Waals surface area contributed by atoms with Gasteiger partial charge in [0.2, 0.25) is 0 Å². The van der Waals surface area contributed by atoms with Gasteiger partial charge in [0.15, 0.2) is 0 Å². The third-order valence-corrected chi connectivity index (χ3v) is 5.57. The molecule has 1 aliphatic heterocycles. The van der Waals surface area contributed by atoms with Crippen LogP contribution >= 0.6 is 0 Å². The number of aromatic amines is 1. The molecule has 168 valence electrons. The minimum Gasteiger partial charge on any atom is -0.494 e. The number of aromatic nitrogens is 1. The number of carbonyl (C=O) groups is 2. The molecule has 1 amide bonds. The molecule has 2 heterocycles. The maximum atomic E-state index is 13.4. The first-order valence-corrected chi connectivity index (χ1v) is 10.9. The first-order valence-electron chi connectivity index (χ1n) is 10.9. The summed E-state index contributed by atoms with van der Waals surface area (Å²) in [6.07, 6.45) is 1.97. The number of ether oxygens (including phenoxy) is 3. The van der Waals surface area contributed by atoms with Gasteiger partial charge in [0.25, 0.3) is 5.91 Å². The van der Waals surface area contributed by atoms with Crippen molar-refractivity contribution in [1.29, 1.82) is 0 Å². The van der Waals surface area contributed by atoms with Gasteiger partial charge in [-0.15, -0.1) is 0 Å². The lowest BCUT2D eigenvalue weighted by Crippen LogP contribution is -2.37. The van der Waals surface area contributed by atoms with Crippen molar-refractivity contribution in [3.05, 3.63) is 52.3 Å². The number of hydrogen-bond donors (Lipinski definition) is 1. The summed E-state index contributed by atoms with van der Waals surface area (Å²) in [6.45, 7) is 10.0. The van der Waals surface area contributed by atoms with Crippen LogP contribution < -0.4 is 4.74 Å². The zero-order valence-corrected chi connectivity index (χ0v) is 18.8. The van der Waals surface area contributed by atoms with Gasteiger partial charge >= 0.3 is 5.97 Å². The number of hydrogen-bond acceptors (Lipinski definition) is 5. The Morgan fingerprint density at radius 2 is 1.90 bits per heavy atom. The van der Waals surface area contributed by atoms with Crippen molar-refractivity contribution in [3.63, 3.8) is 0 Å². The normalized spacial score (nSPS) is 15.7. The molecule has 3 rings (SSSR count). The largest absolute Gasteiger partial charge is 0.494 e. The maximum absolute atomic E-state index is 13.4. The molecule has 1 aromatic heterocycles. The van der Waals surface area contributed by atoms with E-state index in [1.165, 1.54) is 0 Å². The second kappa shape index (κ2) is 10.5. The van der Waals surface area contributed by atoms with E-state index in [4.69, 9.17) is 14.2 Å². The predicted octanol–water partition coefficient (Wildman–Crippen LogP) is 4.03. The van der Waals surface area contributed by atoms with Crippen molar-refractivity contribution in [3.8, 4) is 5.75 Å². The number of carbonyl (C=O) groups excluding carboxylic acids is 2. The monoisotopic (exact) mass is 428 g/mol. The van der Waals surface area contributed by atoms with Crippen LogP contribution in [0.25, 0.3) is 0 Å². The summed E-state index contributed by atoms with van der Waals surface area (Å²) >= 11 is 0. The number of rotatable bonds is 9. The highest BCUT2D eigenvalue weighted by atomic mass is 16.5. The highest BCUT2D eigenvalue weighted by Crippen LogP contribution is 2.24. The second-order valence-electron chi connectivity index (χ2n) is 7.73. The highest BCUT2D eigenvalue weighted by molar-refractivity contribution is 5.94. The number of nitrogens with zero attached hydrogens (tertiary/aromatic N) is 1. The molecule has 1 aromatic carbocycles. The van der Waals surface area contributed by atoms with Crippen LogP contribution in [0.5, 0.6) is 5.75 Å². The van der Waals surface area contributed by atoms with Crippen LogP contribution in [-0.2, 0) is 16.0 Å². The molecule has 2 aromatic rings. The summed E-state index contributed by atoms with van der Waals surface area (Å²) < 4.78 is 16.4. The molecule has 1 saturated heterocycles. The smallest absolute Gasteiger partial charge is 0.355 e. The molecule has 0 bridgehead atoms. The third kappa shape index (κ3) is 5.47. The molecule has 1 aliphatic rings. The average Bonchev–Trinajstić information content (AvgIpc) is 3.37. The third-order valence-electron chi connectivity index (χ3n) is 5.57. The Labute approximate surface area is 183 Å². The lowest BCUT2D eigenvalue weighted by Gasteiger charge is -2.26. The van der Waals surface area contributed by atoms with Crippen molar-refractivity contribution in [1.82, 2.24) is 9.88 Å². The summed E-state index contributed by atoms with van der Waals surface area (Å²) in [5.41, 5.74) is 3.64. The molecule has 1 fully saturated rings. The second-order valence-corrected chi connectivity index (χ2v) is 7.73. The summed E-state index contributed by atoms with van der Waals surface area (Å²) in [5, 5.41) is 0. The van der Waals surface area contributed by atoms with Gasteiger partial charge in [-0.2, -0.15) is 0 Å². The van der Waals surface area contributed by atoms with Crippen molar-refractivity contribution >= 4 is 11.9 Å². The highest BCUT2D eigenvalue weighted by Gasteiger charge is 2.26. The summed E-state index contributed by atoms with van der Waals surface area (Å²) in [7, 11) is 0. The topological polar surface area (TPSA) is 80.9 Å². The number of nitrogens with one attached hydrogen (secondary N) is 1. The molecule has 0 unspecified atom stereocenters. The van der Waals surface area contributed by atoms with E-state index in [1.807, 2.05) is 37.8 Å². The average molecular weight is 429 g/mol. The van der Waals surface area contributed by atoms with Crippen LogP contribution in [0.2, 0.25) is 0 Å². The Bertz CT molecular complexity index is 897. The molecule has 31 heavy (non-hydrogen) atoms. The van der Waals surface area contributed by atoms with Crippen molar-refractivity contribution in [2.24, 2.45) is 0 Å². The summed E-state index contributed by atoms with van der Waals surface area (Å²) in [4.78, 5) is 30.6. The Kier molecular flexibility index (Phi) is 7.74. The molecule has 0 aliphatic carbocycles. The van der Waals surface area contributed by atoms with E-state index in [0.29, 0.717) is 37.6 Å². The fourth-order valence-electron chi connectivity index (χ4n) is 3.92. The Hall–Kier alpha value is -2.80. The quantitative estimate of drug-likeness (QED) is 0.610. The number of H-pyrrole nitrogens is 1. The van der Waals surface area contributed by atoms with Crippen LogP contribution in [0.4, 0.5) is 0 Å². The van der Waals surface area contributed by atoms with E-state index in [2.05, 4.69) is 4.98 Å². The molecule has 7 heteroatoms. The number of benzene rings is 1. The first kappa shape index (κ1) is 22.9. The lowest BCUT2D eigenvalue weighted by molar-refractivity contribution is 0.0506. The maximum Gasteiger partial charge on any atom is 0.355 e. The van der Waals surface area contributed by atoms with Crippen LogP contribution in [0.1, 0.15) is 64.4 Å². The predicted molar refractivity (Wildman–Crippen MR) is 118 cm³/mol. The summed E-state index contributed by atoms with van der Waals surface area (Å²) in [6, 6.07) is 7.20. The molecule has 1 atom stereocenters. The molecule has 7 nitrogen and oxygen atoms in total. The SMILES string of the molecule is CCOC(=O)c1[nH]c(C)c(CN(C[C@H]2CCCO2)C(=O)c2ccc(OCC)cc2)c1C. The Morgan fingerprint density at radius 1 is 1.16 bits per heavy atom. The van der Waals surface area contributed by atoms with E-state index in [-0.39, 0.29) is 18.0 Å². The molecule has 0 spiro atoms. The van der Waals surface area contributed by atoms with Crippen LogP contribution in [0.15, 0.2) is 24.3 Å². The Morgan fingerprint density at radius 3 is 2.52 bits per heavy atom. The van der Waals surface area contributed by atoms with Crippen molar-refractivity contribution in [2.45, 2.75) is 53.2 Å². The number of aryl methyl sites for hydroxylation is 1. The van der Waals surface area contributed by atoms with Gasteiger partial charge in [0, 0.05) is 31.0 Å². The van der Waals surface area contributed by atoms with Gasteiger partial charge in [0.05, 0.1) is 19.3 Å². The van der Waals surface area contributed by atoms with E-state index in [0.717, 1.165) is 42.0 Å². The molecular formula is C24H32N2O5. The van der Waals surface area contributed by atoms with Crippen LogP contribution in [-0.4, -0.2) is 54.2 Å². The summed E-state index contributed by atoms with van der Waals surface area (Å²) in [5.74, 6) is 0.287. The van der Waals surface area contributed by atoms with Crippen molar-refractivity contribution < 1.29 is 23.8 Å². The fourth-order valence-corrected chi connectivity index (χ4v) is 3.92. The van der Waals surface area contributed by atoms with Gasteiger partial charge in [-0.3, -0.25) is 4.79 Å².